The maximum absolute atomic E-state index is 12.9. The molecule has 7 heteroatoms. The van der Waals surface area contributed by atoms with Crippen LogP contribution >= 0.6 is 23.2 Å². The van der Waals surface area contributed by atoms with Crippen LogP contribution in [0.3, 0.4) is 0 Å². The Hall–Kier alpha value is -3.28. The van der Waals surface area contributed by atoms with Gasteiger partial charge in [0.1, 0.15) is 12.4 Å². The maximum Gasteiger partial charge on any atom is 0.255 e. The molecule has 0 unspecified atom stereocenters. The first-order chi connectivity index (χ1) is 16.3. The number of halogens is 2. The van der Waals surface area contributed by atoms with Gasteiger partial charge in [-0.05, 0) is 79.9 Å². The average molecular weight is 494 g/mol. The molecule has 1 N–H and O–H groups in total. The van der Waals surface area contributed by atoms with Crippen molar-refractivity contribution in [3.8, 4) is 5.75 Å². The Balaban J connectivity index is 1.40. The number of hydrogen-bond donors (Lipinski definition) is 1. The molecule has 0 aliphatic heterocycles. The van der Waals surface area contributed by atoms with Gasteiger partial charge in [0.2, 0.25) is 0 Å². The van der Waals surface area contributed by atoms with Crippen molar-refractivity contribution in [2.24, 2.45) is 0 Å². The molecule has 3 aromatic carbocycles. The monoisotopic (exact) mass is 493 g/mol. The molecule has 0 aliphatic carbocycles. The van der Waals surface area contributed by atoms with Gasteiger partial charge in [0.25, 0.3) is 5.91 Å². The van der Waals surface area contributed by atoms with E-state index in [1.807, 2.05) is 80.1 Å². The van der Waals surface area contributed by atoms with Crippen molar-refractivity contribution >= 4 is 34.8 Å². The van der Waals surface area contributed by atoms with E-state index in [2.05, 4.69) is 10.4 Å². The minimum Gasteiger partial charge on any atom is -0.489 e. The summed E-state index contributed by atoms with van der Waals surface area (Å²) in [7, 11) is 0. The standard InChI is InChI=1S/C27H25Cl2N3O2/c1-17-13-24(11-12-25(17)29)34-16-20-7-9-22(10-8-20)27(33)30-26-18(2)31-32(19(26)3)15-21-5-4-6-23(28)14-21/h4-14H,15-16H2,1-3H3,(H,30,33). The number of anilines is 1. The van der Waals surface area contributed by atoms with E-state index in [-0.39, 0.29) is 5.91 Å². The zero-order valence-corrected chi connectivity index (χ0v) is 20.7. The molecule has 5 nitrogen and oxygen atoms in total. The number of nitrogens with zero attached hydrogens (tertiary/aromatic N) is 2. The number of carbonyl (C=O) groups excluding carboxylic acids is 1. The largest absolute Gasteiger partial charge is 0.489 e. The molecular formula is C27H25Cl2N3O2. The quantitative estimate of drug-likeness (QED) is 0.301. The summed E-state index contributed by atoms with van der Waals surface area (Å²) in [6, 6.07) is 20.6. The fourth-order valence-electron chi connectivity index (χ4n) is 3.65. The first kappa shape index (κ1) is 23.9. The van der Waals surface area contributed by atoms with Crippen LogP contribution in [0.5, 0.6) is 5.75 Å². The molecule has 1 amide bonds. The minimum absolute atomic E-state index is 0.186. The maximum atomic E-state index is 12.9. The molecule has 174 valence electrons. The van der Waals surface area contributed by atoms with Crippen LogP contribution in [0.2, 0.25) is 10.0 Å². The van der Waals surface area contributed by atoms with Crippen LogP contribution in [-0.4, -0.2) is 15.7 Å². The number of benzene rings is 3. The lowest BCUT2D eigenvalue weighted by atomic mass is 10.1. The van der Waals surface area contributed by atoms with Crippen molar-refractivity contribution in [3.63, 3.8) is 0 Å². The Morgan fingerprint density at radius 2 is 1.74 bits per heavy atom. The number of rotatable bonds is 7. The molecule has 0 saturated carbocycles. The molecule has 4 aromatic rings. The van der Waals surface area contributed by atoms with Crippen molar-refractivity contribution in [3.05, 3.63) is 110 Å². The summed E-state index contributed by atoms with van der Waals surface area (Å²) in [5, 5.41) is 9.00. The molecule has 0 saturated heterocycles. The summed E-state index contributed by atoms with van der Waals surface area (Å²) in [5.74, 6) is 0.568. The van der Waals surface area contributed by atoms with E-state index in [9.17, 15) is 4.79 Å². The molecular weight excluding hydrogens is 469 g/mol. The van der Waals surface area contributed by atoms with E-state index in [1.165, 1.54) is 0 Å². The van der Waals surface area contributed by atoms with Gasteiger partial charge in [-0.1, -0.05) is 47.5 Å². The lowest BCUT2D eigenvalue weighted by Gasteiger charge is -2.10. The van der Waals surface area contributed by atoms with E-state index in [1.54, 1.807) is 12.1 Å². The van der Waals surface area contributed by atoms with Gasteiger partial charge < -0.3 is 10.1 Å². The Labute approximate surface area is 209 Å². The molecule has 1 heterocycles. The van der Waals surface area contributed by atoms with Crippen LogP contribution in [0.15, 0.2) is 66.7 Å². The van der Waals surface area contributed by atoms with Gasteiger partial charge in [-0.25, -0.2) is 0 Å². The van der Waals surface area contributed by atoms with Crippen LogP contribution in [0.1, 0.15) is 38.4 Å². The third-order valence-corrected chi connectivity index (χ3v) is 6.25. The summed E-state index contributed by atoms with van der Waals surface area (Å²) in [6.45, 7) is 6.74. The number of aromatic nitrogens is 2. The van der Waals surface area contributed by atoms with Crippen molar-refractivity contribution in [1.29, 1.82) is 0 Å². The molecule has 1 aromatic heterocycles. The number of aryl methyl sites for hydroxylation is 2. The SMILES string of the molecule is Cc1cc(OCc2ccc(C(=O)Nc3c(C)nn(Cc4cccc(Cl)c4)c3C)cc2)ccc1Cl. The molecule has 0 bridgehead atoms. The summed E-state index contributed by atoms with van der Waals surface area (Å²) in [6.07, 6.45) is 0. The number of ether oxygens (including phenoxy) is 1. The van der Waals surface area contributed by atoms with Gasteiger partial charge >= 0.3 is 0 Å². The van der Waals surface area contributed by atoms with E-state index in [0.29, 0.717) is 28.8 Å². The summed E-state index contributed by atoms with van der Waals surface area (Å²) in [4.78, 5) is 12.9. The molecule has 0 atom stereocenters. The summed E-state index contributed by atoms with van der Waals surface area (Å²) < 4.78 is 7.71. The summed E-state index contributed by atoms with van der Waals surface area (Å²) >= 11 is 12.2. The smallest absolute Gasteiger partial charge is 0.255 e. The Morgan fingerprint density at radius 3 is 2.44 bits per heavy atom. The van der Waals surface area contributed by atoms with Crippen LogP contribution in [0.4, 0.5) is 5.69 Å². The lowest BCUT2D eigenvalue weighted by Crippen LogP contribution is -2.13. The highest BCUT2D eigenvalue weighted by atomic mass is 35.5. The number of carbonyl (C=O) groups is 1. The second-order valence-corrected chi connectivity index (χ2v) is 9.03. The van der Waals surface area contributed by atoms with Crippen LogP contribution < -0.4 is 10.1 Å². The van der Waals surface area contributed by atoms with Gasteiger partial charge in [0.05, 0.1) is 23.6 Å². The molecule has 34 heavy (non-hydrogen) atoms. The van der Waals surface area contributed by atoms with E-state index < -0.39 is 0 Å². The predicted octanol–water partition coefficient (Wildman–Crippen LogP) is 6.99. The van der Waals surface area contributed by atoms with Gasteiger partial charge in [0, 0.05) is 15.6 Å². The Bertz CT molecular complexity index is 1330. The van der Waals surface area contributed by atoms with Gasteiger partial charge in [-0.15, -0.1) is 0 Å². The Kier molecular flexibility index (Phi) is 7.25. The van der Waals surface area contributed by atoms with Crippen LogP contribution in [-0.2, 0) is 13.2 Å². The molecule has 0 spiro atoms. The fraction of sp³-hybridized carbons (Fsp3) is 0.185. The fourth-order valence-corrected chi connectivity index (χ4v) is 3.98. The van der Waals surface area contributed by atoms with Gasteiger partial charge in [-0.2, -0.15) is 5.10 Å². The second kappa shape index (κ2) is 10.3. The summed E-state index contributed by atoms with van der Waals surface area (Å²) in [5.41, 5.74) is 5.90. The number of amides is 1. The predicted molar refractivity (Wildman–Crippen MR) is 137 cm³/mol. The van der Waals surface area contributed by atoms with E-state index in [4.69, 9.17) is 27.9 Å². The third-order valence-electron chi connectivity index (χ3n) is 5.59. The molecule has 4 rings (SSSR count). The first-order valence-electron chi connectivity index (χ1n) is 10.9. The van der Waals surface area contributed by atoms with Crippen molar-refractivity contribution in [2.45, 2.75) is 33.9 Å². The lowest BCUT2D eigenvalue weighted by molar-refractivity contribution is 0.102. The highest BCUT2D eigenvalue weighted by molar-refractivity contribution is 6.31. The number of nitrogens with one attached hydrogen (secondary N) is 1. The molecule has 0 aliphatic rings. The van der Waals surface area contributed by atoms with Crippen molar-refractivity contribution in [1.82, 2.24) is 9.78 Å². The minimum atomic E-state index is -0.186. The number of hydrogen-bond acceptors (Lipinski definition) is 3. The highest BCUT2D eigenvalue weighted by Gasteiger charge is 2.16. The zero-order valence-electron chi connectivity index (χ0n) is 19.2. The molecule has 0 radical (unpaired) electrons. The van der Waals surface area contributed by atoms with Crippen molar-refractivity contribution < 1.29 is 9.53 Å². The van der Waals surface area contributed by atoms with Gasteiger partial charge in [-0.3, -0.25) is 9.48 Å². The Morgan fingerprint density at radius 1 is 0.971 bits per heavy atom. The van der Waals surface area contributed by atoms with E-state index >= 15 is 0 Å². The second-order valence-electron chi connectivity index (χ2n) is 8.18. The van der Waals surface area contributed by atoms with Crippen molar-refractivity contribution in [2.75, 3.05) is 5.32 Å². The topological polar surface area (TPSA) is 56.1 Å². The highest BCUT2D eigenvalue weighted by Crippen LogP contribution is 2.23. The van der Waals surface area contributed by atoms with E-state index in [0.717, 1.165) is 39.5 Å². The van der Waals surface area contributed by atoms with Gasteiger partial charge in [0.15, 0.2) is 0 Å². The molecule has 0 fully saturated rings. The van der Waals surface area contributed by atoms with Crippen LogP contribution in [0, 0.1) is 20.8 Å². The third kappa shape index (κ3) is 5.61. The first-order valence-corrected chi connectivity index (χ1v) is 11.6. The van der Waals surface area contributed by atoms with Crippen LogP contribution in [0.25, 0.3) is 0 Å². The zero-order chi connectivity index (χ0) is 24.2. The normalized spacial score (nSPS) is 10.9. The average Bonchev–Trinajstić information content (AvgIpc) is 3.07.